The average molecular weight is 375 g/mol. The number of likely N-dealkylation sites (tertiary alicyclic amines) is 1. The molecule has 2 fully saturated rings. The summed E-state index contributed by atoms with van der Waals surface area (Å²) in [6.45, 7) is 8.48. The van der Waals surface area contributed by atoms with Crippen molar-refractivity contribution >= 4 is 11.6 Å². The molecule has 1 saturated heterocycles. The average Bonchev–Trinajstić information content (AvgIpc) is 3.51. The first-order valence-electron chi connectivity index (χ1n) is 10.3. The zero-order valence-corrected chi connectivity index (χ0v) is 17.0. The lowest BCUT2D eigenvalue weighted by Gasteiger charge is -2.30. The molecular weight excluding hydrogens is 340 g/mol. The van der Waals surface area contributed by atoms with E-state index in [0.717, 1.165) is 49.8 Å². The molecule has 3 rings (SSSR count). The molecule has 1 amide bonds. The lowest BCUT2D eigenvalue weighted by atomic mass is 9.99. The monoisotopic (exact) mass is 374 g/mol. The highest BCUT2D eigenvalue weighted by atomic mass is 16.5. The number of benzene rings is 1. The number of amides is 1. The summed E-state index contributed by atoms with van der Waals surface area (Å²) in [7, 11) is 1.61. The fourth-order valence-corrected chi connectivity index (χ4v) is 3.94. The second-order valence-corrected chi connectivity index (χ2v) is 8.31. The molecule has 1 aliphatic carbocycles. The first kappa shape index (κ1) is 20.2. The summed E-state index contributed by atoms with van der Waals surface area (Å²) in [5.41, 5.74) is 0.0415. The molecule has 0 spiro atoms. The van der Waals surface area contributed by atoms with Crippen LogP contribution in [0.4, 0.5) is 5.69 Å². The number of rotatable bonds is 9. The standard InChI is InChI=1S/C22H34N2O3/c1-17-6-4-13-24(16-17)14-5-15-27-20-11-9-19(10-12-20)23-21(25)22(2,26-3)18-7-8-18/h9-12,17-18H,4-8,13-16H2,1-3H3,(H,23,25)/t17-,22+/m1/s1. The topological polar surface area (TPSA) is 50.8 Å². The van der Waals surface area contributed by atoms with E-state index in [1.165, 1.54) is 25.9 Å². The van der Waals surface area contributed by atoms with Crippen molar-refractivity contribution in [1.82, 2.24) is 4.90 Å². The summed E-state index contributed by atoms with van der Waals surface area (Å²) in [6, 6.07) is 7.62. The number of methoxy groups -OCH3 is 1. The SMILES string of the molecule is CO[C@](C)(C(=O)Nc1ccc(OCCCN2CCC[C@@H](C)C2)cc1)C1CC1. The van der Waals surface area contributed by atoms with Crippen molar-refractivity contribution in [1.29, 1.82) is 0 Å². The predicted molar refractivity (Wildman–Crippen MR) is 108 cm³/mol. The van der Waals surface area contributed by atoms with Gasteiger partial charge in [-0.25, -0.2) is 0 Å². The second-order valence-electron chi connectivity index (χ2n) is 8.31. The van der Waals surface area contributed by atoms with Crippen LogP contribution in [-0.2, 0) is 9.53 Å². The maximum atomic E-state index is 12.5. The summed E-state index contributed by atoms with van der Waals surface area (Å²) >= 11 is 0. The van der Waals surface area contributed by atoms with Gasteiger partial charge in [-0.05, 0) is 81.7 Å². The van der Waals surface area contributed by atoms with Crippen molar-refractivity contribution in [2.45, 2.75) is 51.6 Å². The van der Waals surface area contributed by atoms with Gasteiger partial charge in [-0.3, -0.25) is 4.79 Å². The van der Waals surface area contributed by atoms with Gasteiger partial charge in [0.1, 0.15) is 11.4 Å². The van der Waals surface area contributed by atoms with Crippen molar-refractivity contribution in [3.63, 3.8) is 0 Å². The van der Waals surface area contributed by atoms with E-state index >= 15 is 0 Å². The van der Waals surface area contributed by atoms with Crippen LogP contribution >= 0.6 is 0 Å². The van der Waals surface area contributed by atoms with Crippen molar-refractivity contribution in [3.05, 3.63) is 24.3 Å². The molecular formula is C22H34N2O3. The van der Waals surface area contributed by atoms with Gasteiger partial charge in [0.15, 0.2) is 0 Å². The molecule has 150 valence electrons. The zero-order valence-electron chi connectivity index (χ0n) is 17.0. The lowest BCUT2D eigenvalue weighted by molar-refractivity contribution is -0.138. The number of anilines is 1. The number of ether oxygens (including phenoxy) is 2. The first-order valence-corrected chi connectivity index (χ1v) is 10.3. The molecule has 1 N–H and O–H groups in total. The van der Waals surface area contributed by atoms with Crippen molar-refractivity contribution in [2.24, 2.45) is 11.8 Å². The van der Waals surface area contributed by atoms with Gasteiger partial charge in [0.05, 0.1) is 6.61 Å². The Bertz CT molecular complexity index is 614. The van der Waals surface area contributed by atoms with Gasteiger partial charge in [0, 0.05) is 25.9 Å². The maximum Gasteiger partial charge on any atom is 0.256 e. The third-order valence-electron chi connectivity index (χ3n) is 5.97. The summed E-state index contributed by atoms with van der Waals surface area (Å²) in [6.07, 6.45) is 5.83. The minimum absolute atomic E-state index is 0.0723. The molecule has 1 heterocycles. The normalized spacial score (nSPS) is 22.9. The van der Waals surface area contributed by atoms with Gasteiger partial charge in [-0.15, -0.1) is 0 Å². The Morgan fingerprint density at radius 3 is 2.63 bits per heavy atom. The Kier molecular flexibility index (Phi) is 6.77. The van der Waals surface area contributed by atoms with Crippen LogP contribution in [0.3, 0.4) is 0 Å². The number of hydrogen-bond donors (Lipinski definition) is 1. The van der Waals surface area contributed by atoms with Crippen LogP contribution in [0.25, 0.3) is 0 Å². The predicted octanol–water partition coefficient (Wildman–Crippen LogP) is 3.94. The van der Waals surface area contributed by atoms with E-state index in [1.807, 2.05) is 31.2 Å². The van der Waals surface area contributed by atoms with Gasteiger partial charge in [0.2, 0.25) is 0 Å². The Morgan fingerprint density at radius 1 is 1.26 bits per heavy atom. The molecule has 5 heteroatoms. The lowest BCUT2D eigenvalue weighted by Crippen LogP contribution is -2.44. The molecule has 5 nitrogen and oxygen atoms in total. The second kappa shape index (κ2) is 9.07. The van der Waals surface area contributed by atoms with E-state index in [0.29, 0.717) is 5.92 Å². The van der Waals surface area contributed by atoms with E-state index in [9.17, 15) is 4.79 Å². The Hall–Kier alpha value is -1.59. The van der Waals surface area contributed by atoms with E-state index in [-0.39, 0.29) is 5.91 Å². The van der Waals surface area contributed by atoms with E-state index < -0.39 is 5.60 Å². The highest BCUT2D eigenvalue weighted by molar-refractivity contribution is 5.97. The van der Waals surface area contributed by atoms with Crippen molar-refractivity contribution < 1.29 is 14.3 Å². The summed E-state index contributed by atoms with van der Waals surface area (Å²) in [5, 5.41) is 2.97. The largest absolute Gasteiger partial charge is 0.494 e. The Balaban J connectivity index is 1.40. The number of nitrogens with one attached hydrogen (secondary N) is 1. The molecule has 1 aromatic carbocycles. The third-order valence-corrected chi connectivity index (χ3v) is 5.97. The highest BCUT2D eigenvalue weighted by Crippen LogP contribution is 2.42. The molecule has 0 bridgehead atoms. The number of carbonyl (C=O) groups is 1. The molecule has 2 aliphatic rings. The maximum absolute atomic E-state index is 12.5. The number of hydrogen-bond acceptors (Lipinski definition) is 4. The van der Waals surface area contributed by atoms with Crippen LogP contribution in [0, 0.1) is 11.8 Å². The molecule has 2 atom stereocenters. The summed E-state index contributed by atoms with van der Waals surface area (Å²) in [4.78, 5) is 15.1. The van der Waals surface area contributed by atoms with Gasteiger partial charge < -0.3 is 19.7 Å². The minimum atomic E-state index is -0.735. The Morgan fingerprint density at radius 2 is 2.00 bits per heavy atom. The van der Waals surface area contributed by atoms with Crippen LogP contribution < -0.4 is 10.1 Å². The minimum Gasteiger partial charge on any atom is -0.494 e. The van der Waals surface area contributed by atoms with Gasteiger partial charge in [0.25, 0.3) is 5.91 Å². The van der Waals surface area contributed by atoms with Crippen LogP contribution in [-0.4, -0.2) is 49.8 Å². The molecule has 0 unspecified atom stereocenters. The third kappa shape index (κ3) is 5.45. The number of nitrogens with zero attached hydrogens (tertiary/aromatic N) is 1. The fourth-order valence-electron chi connectivity index (χ4n) is 3.94. The van der Waals surface area contributed by atoms with Crippen LogP contribution in [0.15, 0.2) is 24.3 Å². The van der Waals surface area contributed by atoms with Crippen molar-refractivity contribution in [3.8, 4) is 5.75 Å². The molecule has 1 saturated carbocycles. The first-order chi connectivity index (χ1) is 13.0. The van der Waals surface area contributed by atoms with E-state index in [2.05, 4.69) is 17.1 Å². The molecule has 27 heavy (non-hydrogen) atoms. The molecule has 1 aliphatic heterocycles. The van der Waals surface area contributed by atoms with Gasteiger partial charge in [-0.1, -0.05) is 6.92 Å². The van der Waals surface area contributed by atoms with Gasteiger partial charge >= 0.3 is 0 Å². The summed E-state index contributed by atoms with van der Waals surface area (Å²) in [5.74, 6) is 1.92. The van der Waals surface area contributed by atoms with Gasteiger partial charge in [-0.2, -0.15) is 0 Å². The van der Waals surface area contributed by atoms with Crippen molar-refractivity contribution in [2.75, 3.05) is 38.7 Å². The smallest absolute Gasteiger partial charge is 0.256 e. The van der Waals surface area contributed by atoms with E-state index in [4.69, 9.17) is 9.47 Å². The highest BCUT2D eigenvalue weighted by Gasteiger charge is 2.47. The quantitative estimate of drug-likeness (QED) is 0.665. The van der Waals surface area contributed by atoms with Crippen LogP contribution in [0.1, 0.15) is 46.0 Å². The fraction of sp³-hybridized carbons (Fsp3) is 0.682. The Labute approximate surface area is 163 Å². The molecule has 0 radical (unpaired) electrons. The van der Waals surface area contributed by atoms with E-state index in [1.54, 1.807) is 7.11 Å². The van der Waals surface area contributed by atoms with Crippen LogP contribution in [0.5, 0.6) is 5.75 Å². The summed E-state index contributed by atoms with van der Waals surface area (Å²) < 4.78 is 11.4. The number of piperidine rings is 1. The van der Waals surface area contributed by atoms with Crippen LogP contribution in [0.2, 0.25) is 0 Å². The molecule has 0 aromatic heterocycles. The number of carbonyl (C=O) groups excluding carboxylic acids is 1. The molecule has 1 aromatic rings. The zero-order chi connectivity index (χ0) is 19.3.